The third-order valence-corrected chi connectivity index (χ3v) is 3.59. The molecule has 0 spiro atoms. The molecular weight excluding hydrogens is 244 g/mol. The van der Waals surface area contributed by atoms with E-state index in [1.807, 2.05) is 29.8 Å². The molecule has 1 unspecified atom stereocenters. The normalized spacial score (nSPS) is 12.3. The Labute approximate surface area is 112 Å². The van der Waals surface area contributed by atoms with E-state index < -0.39 is 0 Å². The largest absolute Gasteiger partial charge is 0.496 e. The lowest BCUT2D eigenvalue weighted by atomic mass is 10.1. The Morgan fingerprint density at radius 2 is 2.22 bits per heavy atom. The van der Waals surface area contributed by atoms with Gasteiger partial charge < -0.3 is 10.1 Å². The Morgan fingerprint density at radius 1 is 1.39 bits per heavy atom. The summed E-state index contributed by atoms with van der Waals surface area (Å²) < 4.78 is 5.44. The molecule has 18 heavy (non-hydrogen) atoms. The topological polar surface area (TPSA) is 34.2 Å². The number of hydrogen-bond donors (Lipinski definition) is 1. The minimum Gasteiger partial charge on any atom is -0.496 e. The summed E-state index contributed by atoms with van der Waals surface area (Å²) in [5.41, 5.74) is 1.14. The number of benzene rings is 1. The summed E-state index contributed by atoms with van der Waals surface area (Å²) in [6.07, 6.45) is 2.94. The zero-order valence-electron chi connectivity index (χ0n) is 10.7. The van der Waals surface area contributed by atoms with E-state index in [1.54, 1.807) is 18.4 Å². The minimum absolute atomic E-state index is 0.112. The molecule has 1 N–H and O–H groups in total. The zero-order valence-corrected chi connectivity index (χ0v) is 11.5. The number of methoxy groups -OCH3 is 1. The van der Waals surface area contributed by atoms with Crippen molar-refractivity contribution in [1.29, 1.82) is 0 Å². The van der Waals surface area contributed by atoms with Crippen LogP contribution in [-0.2, 0) is 0 Å². The van der Waals surface area contributed by atoms with E-state index in [9.17, 15) is 0 Å². The van der Waals surface area contributed by atoms with Crippen LogP contribution in [0.4, 0.5) is 0 Å². The Hall–Kier alpha value is -1.39. The second-order valence-corrected chi connectivity index (χ2v) is 4.93. The first-order chi connectivity index (χ1) is 8.86. The van der Waals surface area contributed by atoms with E-state index in [1.165, 1.54) is 0 Å². The van der Waals surface area contributed by atoms with Crippen molar-refractivity contribution in [2.75, 3.05) is 13.7 Å². The molecule has 3 nitrogen and oxygen atoms in total. The van der Waals surface area contributed by atoms with Gasteiger partial charge in [0.05, 0.1) is 13.2 Å². The molecule has 0 aliphatic carbocycles. The number of nitrogens with one attached hydrogen (secondary N) is 1. The lowest BCUT2D eigenvalue weighted by molar-refractivity contribution is 0.403. The fraction of sp³-hybridized carbons (Fsp3) is 0.357. The van der Waals surface area contributed by atoms with Crippen LogP contribution in [0, 0.1) is 0 Å². The smallest absolute Gasteiger partial charge is 0.124 e. The van der Waals surface area contributed by atoms with Gasteiger partial charge in [0, 0.05) is 17.1 Å². The van der Waals surface area contributed by atoms with E-state index in [4.69, 9.17) is 4.74 Å². The third kappa shape index (κ3) is 2.89. The fourth-order valence-corrected chi connectivity index (χ4v) is 2.63. The highest BCUT2D eigenvalue weighted by atomic mass is 32.1. The van der Waals surface area contributed by atoms with Crippen LogP contribution in [0.2, 0.25) is 0 Å². The quantitative estimate of drug-likeness (QED) is 0.867. The van der Waals surface area contributed by atoms with E-state index in [2.05, 4.69) is 23.3 Å². The SMILES string of the molecule is CCCNC(c1nccs1)c1ccccc1OC. The standard InChI is InChI=1S/C14H18N2OS/c1-3-8-15-13(14-16-9-10-18-14)11-6-4-5-7-12(11)17-2/h4-7,9-10,13,15H,3,8H2,1-2H3. The van der Waals surface area contributed by atoms with Crippen LogP contribution in [0.1, 0.15) is 30.0 Å². The Kier molecular flexibility index (Phi) is 4.73. The van der Waals surface area contributed by atoms with Crippen LogP contribution in [0.3, 0.4) is 0 Å². The predicted octanol–water partition coefficient (Wildman–Crippen LogP) is 3.24. The summed E-state index contributed by atoms with van der Waals surface area (Å²) in [6, 6.07) is 8.21. The van der Waals surface area contributed by atoms with Gasteiger partial charge in [-0.1, -0.05) is 25.1 Å². The summed E-state index contributed by atoms with van der Waals surface area (Å²) in [4.78, 5) is 4.42. The average molecular weight is 262 g/mol. The van der Waals surface area contributed by atoms with Crippen molar-refractivity contribution in [2.45, 2.75) is 19.4 Å². The number of para-hydroxylation sites is 1. The van der Waals surface area contributed by atoms with Crippen LogP contribution >= 0.6 is 11.3 Å². The third-order valence-electron chi connectivity index (χ3n) is 2.75. The minimum atomic E-state index is 0.112. The predicted molar refractivity (Wildman–Crippen MR) is 75.2 cm³/mol. The molecule has 0 fully saturated rings. The molecule has 96 valence electrons. The molecule has 0 saturated heterocycles. The number of nitrogens with zero attached hydrogens (tertiary/aromatic N) is 1. The van der Waals surface area contributed by atoms with Gasteiger partial charge in [-0.25, -0.2) is 4.98 Å². The van der Waals surface area contributed by atoms with Crippen molar-refractivity contribution in [3.05, 3.63) is 46.4 Å². The van der Waals surface area contributed by atoms with Gasteiger partial charge in [-0.15, -0.1) is 11.3 Å². The highest BCUT2D eigenvalue weighted by Gasteiger charge is 2.19. The Bertz CT molecular complexity index is 470. The number of ether oxygens (including phenoxy) is 1. The molecule has 0 radical (unpaired) electrons. The molecule has 1 atom stereocenters. The number of thiazole rings is 1. The van der Waals surface area contributed by atoms with E-state index in [0.717, 1.165) is 29.3 Å². The van der Waals surface area contributed by atoms with Crippen molar-refractivity contribution in [1.82, 2.24) is 10.3 Å². The van der Waals surface area contributed by atoms with E-state index in [-0.39, 0.29) is 6.04 Å². The second kappa shape index (κ2) is 6.52. The maximum atomic E-state index is 5.44. The van der Waals surface area contributed by atoms with Gasteiger partial charge in [0.15, 0.2) is 0 Å². The monoisotopic (exact) mass is 262 g/mol. The summed E-state index contributed by atoms with van der Waals surface area (Å²) in [7, 11) is 1.71. The van der Waals surface area contributed by atoms with Crippen molar-refractivity contribution in [3.63, 3.8) is 0 Å². The highest BCUT2D eigenvalue weighted by molar-refractivity contribution is 7.09. The molecule has 0 aliphatic rings. The molecule has 2 aromatic rings. The van der Waals surface area contributed by atoms with Crippen molar-refractivity contribution in [3.8, 4) is 5.75 Å². The first-order valence-corrected chi connectivity index (χ1v) is 7.00. The van der Waals surface area contributed by atoms with E-state index >= 15 is 0 Å². The van der Waals surface area contributed by atoms with Gasteiger partial charge in [-0.2, -0.15) is 0 Å². The van der Waals surface area contributed by atoms with Gasteiger partial charge in [0.1, 0.15) is 10.8 Å². The van der Waals surface area contributed by atoms with Crippen molar-refractivity contribution >= 4 is 11.3 Å². The zero-order chi connectivity index (χ0) is 12.8. The summed E-state index contributed by atoms with van der Waals surface area (Å²) in [5.74, 6) is 0.904. The molecule has 1 aromatic heterocycles. The van der Waals surface area contributed by atoms with Crippen LogP contribution in [0.25, 0.3) is 0 Å². The molecule has 2 rings (SSSR count). The maximum Gasteiger partial charge on any atom is 0.124 e. The molecule has 1 aromatic carbocycles. The molecule has 0 bridgehead atoms. The van der Waals surface area contributed by atoms with Crippen LogP contribution < -0.4 is 10.1 Å². The molecule has 1 heterocycles. The number of rotatable bonds is 6. The summed E-state index contributed by atoms with van der Waals surface area (Å²) >= 11 is 1.67. The summed E-state index contributed by atoms with van der Waals surface area (Å²) in [5, 5.41) is 6.61. The fourth-order valence-electron chi connectivity index (χ4n) is 1.90. The lowest BCUT2D eigenvalue weighted by Crippen LogP contribution is -2.23. The second-order valence-electron chi connectivity index (χ2n) is 4.00. The Balaban J connectivity index is 2.33. The number of hydrogen-bond acceptors (Lipinski definition) is 4. The number of aromatic nitrogens is 1. The lowest BCUT2D eigenvalue weighted by Gasteiger charge is -2.19. The Morgan fingerprint density at radius 3 is 2.89 bits per heavy atom. The van der Waals surface area contributed by atoms with Crippen molar-refractivity contribution < 1.29 is 4.74 Å². The highest BCUT2D eigenvalue weighted by Crippen LogP contribution is 2.30. The van der Waals surface area contributed by atoms with Crippen LogP contribution in [0.5, 0.6) is 5.75 Å². The molecule has 0 amide bonds. The van der Waals surface area contributed by atoms with Gasteiger partial charge in [0.25, 0.3) is 0 Å². The maximum absolute atomic E-state index is 5.44. The van der Waals surface area contributed by atoms with Gasteiger partial charge in [-0.05, 0) is 19.0 Å². The van der Waals surface area contributed by atoms with E-state index in [0.29, 0.717) is 0 Å². The molecular formula is C14H18N2OS. The molecule has 0 saturated carbocycles. The van der Waals surface area contributed by atoms with Crippen LogP contribution in [-0.4, -0.2) is 18.6 Å². The first-order valence-electron chi connectivity index (χ1n) is 6.12. The van der Waals surface area contributed by atoms with Gasteiger partial charge in [0.2, 0.25) is 0 Å². The first kappa shape index (κ1) is 13.1. The summed E-state index contributed by atoms with van der Waals surface area (Å²) in [6.45, 7) is 3.12. The molecule has 4 heteroatoms. The van der Waals surface area contributed by atoms with Gasteiger partial charge >= 0.3 is 0 Å². The average Bonchev–Trinajstić information content (AvgIpc) is 2.94. The van der Waals surface area contributed by atoms with Crippen molar-refractivity contribution in [2.24, 2.45) is 0 Å². The van der Waals surface area contributed by atoms with Gasteiger partial charge in [-0.3, -0.25) is 0 Å². The van der Waals surface area contributed by atoms with Crippen LogP contribution in [0.15, 0.2) is 35.8 Å². The molecule has 0 aliphatic heterocycles.